The molecule has 3 rings (SSSR count). The van der Waals surface area contributed by atoms with Crippen LogP contribution in [0.4, 0.5) is 0 Å². The highest BCUT2D eigenvalue weighted by Crippen LogP contribution is 2.24. The van der Waals surface area contributed by atoms with Crippen LogP contribution in [0, 0.1) is 6.92 Å². The summed E-state index contributed by atoms with van der Waals surface area (Å²) < 4.78 is 11.1. The minimum Gasteiger partial charge on any atom is -0.489 e. The largest absolute Gasteiger partial charge is 0.489 e. The molecule has 5 nitrogen and oxygen atoms in total. The molecule has 3 aromatic rings. The van der Waals surface area contributed by atoms with Crippen LogP contribution in [0.5, 0.6) is 11.5 Å². The van der Waals surface area contributed by atoms with Crippen molar-refractivity contribution in [1.29, 1.82) is 0 Å². The first-order valence-electron chi connectivity index (χ1n) is 9.08. The van der Waals surface area contributed by atoms with Crippen molar-refractivity contribution in [2.45, 2.75) is 6.92 Å². The number of carbonyl (C=O) groups is 1. The first-order chi connectivity index (χ1) is 14.0. The topological polar surface area (TPSA) is 68.7 Å². The van der Waals surface area contributed by atoms with Crippen molar-refractivity contribution in [2.75, 3.05) is 13.2 Å². The molecule has 1 N–H and O–H groups in total. The smallest absolute Gasteiger partial charge is 0.341 e. The van der Waals surface area contributed by atoms with Gasteiger partial charge in [-0.1, -0.05) is 35.8 Å². The van der Waals surface area contributed by atoms with E-state index in [4.69, 9.17) is 22.4 Å². The molecule has 2 aromatic carbocycles. The fourth-order valence-electron chi connectivity index (χ4n) is 2.79. The maximum atomic E-state index is 10.6. The lowest BCUT2D eigenvalue weighted by atomic mass is 9.93. The number of hydrogen-bond donors (Lipinski definition) is 1. The van der Waals surface area contributed by atoms with Crippen LogP contribution in [0.3, 0.4) is 0 Å². The third kappa shape index (κ3) is 5.72. The molecule has 29 heavy (non-hydrogen) atoms. The number of aliphatic carboxylic acids is 1. The molecule has 1 heterocycles. The fourth-order valence-corrected chi connectivity index (χ4v) is 2.79. The number of pyridine rings is 1. The standard InChI is InChI=1S/C23H20BNO4/c1-16-14-19(9-10-22(16)29-15-23(26)27)28-13-11-20(21-4-2-3-12-25-21)17-5-7-18(24)8-6-17/h2-12,14H,13,15H2,1H3,(H,26,27)/b20-11-. The van der Waals surface area contributed by atoms with E-state index in [2.05, 4.69) is 4.98 Å². The Kier molecular flexibility index (Phi) is 6.69. The molecule has 0 unspecified atom stereocenters. The monoisotopic (exact) mass is 385 g/mol. The summed E-state index contributed by atoms with van der Waals surface area (Å²) in [6.45, 7) is 1.80. The molecule has 1 aromatic heterocycles. The summed E-state index contributed by atoms with van der Waals surface area (Å²) in [4.78, 5) is 15.1. The van der Waals surface area contributed by atoms with E-state index in [0.717, 1.165) is 22.4 Å². The van der Waals surface area contributed by atoms with Crippen molar-refractivity contribution < 1.29 is 19.4 Å². The number of carboxylic acids is 1. The molecule has 6 heteroatoms. The van der Waals surface area contributed by atoms with Crippen molar-refractivity contribution in [2.24, 2.45) is 0 Å². The zero-order valence-corrected chi connectivity index (χ0v) is 16.0. The Morgan fingerprint density at radius 3 is 2.55 bits per heavy atom. The normalized spacial score (nSPS) is 11.1. The lowest BCUT2D eigenvalue weighted by molar-refractivity contribution is -0.139. The van der Waals surface area contributed by atoms with Crippen molar-refractivity contribution in [3.8, 4) is 11.5 Å². The number of ether oxygens (including phenoxy) is 2. The van der Waals surface area contributed by atoms with E-state index >= 15 is 0 Å². The van der Waals surface area contributed by atoms with E-state index in [1.165, 1.54) is 0 Å². The van der Waals surface area contributed by atoms with Crippen LogP contribution in [-0.2, 0) is 4.79 Å². The first-order valence-corrected chi connectivity index (χ1v) is 9.08. The minimum absolute atomic E-state index is 0.338. The predicted molar refractivity (Wildman–Crippen MR) is 113 cm³/mol. The van der Waals surface area contributed by atoms with Crippen LogP contribution < -0.4 is 14.9 Å². The van der Waals surface area contributed by atoms with Crippen LogP contribution in [0.15, 0.2) is 72.9 Å². The summed E-state index contributed by atoms with van der Waals surface area (Å²) in [5.74, 6) is 0.171. The third-order valence-electron chi connectivity index (χ3n) is 4.20. The molecule has 0 amide bonds. The van der Waals surface area contributed by atoms with Crippen LogP contribution in [0.2, 0.25) is 0 Å². The quantitative estimate of drug-likeness (QED) is 0.604. The Morgan fingerprint density at radius 1 is 1.10 bits per heavy atom. The van der Waals surface area contributed by atoms with Crippen molar-refractivity contribution in [1.82, 2.24) is 4.98 Å². The molecule has 2 radical (unpaired) electrons. The summed E-state index contributed by atoms with van der Waals surface area (Å²) in [6, 6.07) is 18.6. The predicted octanol–water partition coefficient (Wildman–Crippen LogP) is 3.16. The Balaban J connectivity index is 1.75. The van der Waals surface area contributed by atoms with Crippen LogP contribution in [0.25, 0.3) is 5.57 Å². The lowest BCUT2D eigenvalue weighted by Gasteiger charge is -2.11. The number of nitrogens with zero attached hydrogens (tertiary/aromatic N) is 1. The highest BCUT2D eigenvalue weighted by molar-refractivity contribution is 6.32. The molecule has 0 saturated carbocycles. The van der Waals surface area contributed by atoms with Gasteiger partial charge < -0.3 is 14.6 Å². The summed E-state index contributed by atoms with van der Waals surface area (Å²) in [5.41, 5.74) is 4.29. The Hall–Kier alpha value is -3.54. The maximum absolute atomic E-state index is 10.6. The van der Waals surface area contributed by atoms with Gasteiger partial charge in [0.05, 0.1) is 5.69 Å². The van der Waals surface area contributed by atoms with Crippen LogP contribution >= 0.6 is 0 Å². The highest BCUT2D eigenvalue weighted by Gasteiger charge is 2.07. The SMILES string of the molecule is [B]c1ccc(/C(=C/COc2ccc(OCC(=O)O)c(C)c2)c2ccccn2)cc1. The van der Waals surface area contributed by atoms with Gasteiger partial charge in [0.1, 0.15) is 26.0 Å². The molecule has 0 atom stereocenters. The van der Waals surface area contributed by atoms with E-state index in [1.807, 2.05) is 61.5 Å². The summed E-state index contributed by atoms with van der Waals surface area (Å²) in [6.07, 6.45) is 3.72. The summed E-state index contributed by atoms with van der Waals surface area (Å²) in [5, 5.41) is 8.72. The molecule has 0 aliphatic rings. The van der Waals surface area contributed by atoms with Gasteiger partial charge >= 0.3 is 5.97 Å². The van der Waals surface area contributed by atoms with Crippen LogP contribution in [-0.4, -0.2) is 37.1 Å². The average molecular weight is 385 g/mol. The van der Waals surface area contributed by atoms with Gasteiger partial charge in [0, 0.05) is 11.8 Å². The van der Waals surface area contributed by atoms with Crippen LogP contribution in [0.1, 0.15) is 16.8 Å². The number of rotatable bonds is 8. The van der Waals surface area contributed by atoms with E-state index in [1.54, 1.807) is 18.3 Å². The van der Waals surface area contributed by atoms with Gasteiger partial charge in [-0.15, -0.1) is 0 Å². The number of hydrogen-bond acceptors (Lipinski definition) is 4. The number of aromatic nitrogens is 1. The molecular formula is C23H20BNO4. The van der Waals surface area contributed by atoms with E-state index in [-0.39, 0.29) is 6.61 Å². The van der Waals surface area contributed by atoms with Gasteiger partial charge in [-0.2, -0.15) is 0 Å². The van der Waals surface area contributed by atoms with E-state index < -0.39 is 5.97 Å². The Bertz CT molecular complexity index is 1000. The number of aryl methyl sites for hydroxylation is 1. The maximum Gasteiger partial charge on any atom is 0.341 e. The molecule has 0 saturated heterocycles. The zero-order chi connectivity index (χ0) is 20.6. The van der Waals surface area contributed by atoms with Crippen molar-refractivity contribution in [3.63, 3.8) is 0 Å². The van der Waals surface area contributed by atoms with Gasteiger partial charge in [0.15, 0.2) is 6.61 Å². The number of benzene rings is 2. The van der Waals surface area contributed by atoms with E-state index in [9.17, 15) is 4.79 Å². The molecule has 0 bridgehead atoms. The fraction of sp³-hybridized carbons (Fsp3) is 0.130. The second-order valence-corrected chi connectivity index (χ2v) is 6.38. The third-order valence-corrected chi connectivity index (χ3v) is 4.20. The van der Waals surface area contributed by atoms with Gasteiger partial charge in [-0.25, -0.2) is 4.79 Å². The van der Waals surface area contributed by atoms with Gasteiger partial charge in [-0.05, 0) is 54.5 Å². The van der Waals surface area contributed by atoms with Crippen molar-refractivity contribution >= 4 is 24.9 Å². The minimum atomic E-state index is -1.01. The van der Waals surface area contributed by atoms with Gasteiger partial charge in [0.25, 0.3) is 0 Å². The van der Waals surface area contributed by atoms with E-state index in [0.29, 0.717) is 23.6 Å². The molecule has 144 valence electrons. The second-order valence-electron chi connectivity index (χ2n) is 6.38. The average Bonchev–Trinajstić information content (AvgIpc) is 2.72. The lowest BCUT2D eigenvalue weighted by Crippen LogP contribution is -2.10. The van der Waals surface area contributed by atoms with Crippen molar-refractivity contribution in [3.05, 3.63) is 89.8 Å². The highest BCUT2D eigenvalue weighted by atomic mass is 16.5. The molecular weight excluding hydrogens is 365 g/mol. The molecule has 0 spiro atoms. The first kappa shape index (κ1) is 20.2. The molecule has 0 aliphatic carbocycles. The Labute approximate surface area is 171 Å². The zero-order valence-electron chi connectivity index (χ0n) is 16.0. The number of carboxylic acid groups (broad SMARTS) is 1. The van der Waals surface area contributed by atoms with Gasteiger partial charge in [-0.3, -0.25) is 4.98 Å². The molecule has 0 aliphatic heterocycles. The summed E-state index contributed by atoms with van der Waals surface area (Å²) >= 11 is 0. The second kappa shape index (κ2) is 9.60. The van der Waals surface area contributed by atoms with Gasteiger partial charge in [0.2, 0.25) is 0 Å². The Morgan fingerprint density at radius 2 is 1.90 bits per heavy atom. The molecule has 0 fully saturated rings. The summed E-state index contributed by atoms with van der Waals surface area (Å²) in [7, 11) is 5.80.